The third-order valence-electron chi connectivity index (χ3n) is 4.45. The van der Waals surface area contributed by atoms with E-state index in [9.17, 15) is 0 Å². The minimum absolute atomic E-state index is 0.652. The SMILES string of the molecule is CCn1ccnc1CN1CCn2nc(CNc3cnccn3)cc2C1. The molecule has 0 atom stereocenters. The second kappa shape index (κ2) is 7.02. The van der Waals surface area contributed by atoms with Crippen molar-refractivity contribution in [3.05, 3.63) is 54.3 Å². The maximum Gasteiger partial charge on any atom is 0.144 e. The first-order chi connectivity index (χ1) is 12.3. The molecule has 0 amide bonds. The van der Waals surface area contributed by atoms with Gasteiger partial charge in [-0.05, 0) is 13.0 Å². The highest BCUT2D eigenvalue weighted by Crippen LogP contribution is 2.16. The molecule has 4 rings (SSSR count). The maximum absolute atomic E-state index is 4.69. The van der Waals surface area contributed by atoms with Gasteiger partial charge in [-0.1, -0.05) is 0 Å². The molecule has 0 aliphatic carbocycles. The minimum atomic E-state index is 0.652. The van der Waals surface area contributed by atoms with Crippen molar-refractivity contribution in [3.8, 4) is 0 Å². The maximum atomic E-state index is 4.69. The van der Waals surface area contributed by atoms with Crippen LogP contribution < -0.4 is 5.32 Å². The molecule has 0 saturated heterocycles. The summed E-state index contributed by atoms with van der Waals surface area (Å²) in [6.07, 6.45) is 8.98. The Morgan fingerprint density at radius 2 is 2.12 bits per heavy atom. The second-order valence-corrected chi connectivity index (χ2v) is 6.13. The fourth-order valence-electron chi connectivity index (χ4n) is 3.15. The molecule has 25 heavy (non-hydrogen) atoms. The van der Waals surface area contributed by atoms with Crippen LogP contribution in [0.4, 0.5) is 5.82 Å². The predicted octanol–water partition coefficient (Wildman–Crippen LogP) is 1.52. The van der Waals surface area contributed by atoms with Crippen molar-refractivity contribution in [1.29, 1.82) is 0 Å². The van der Waals surface area contributed by atoms with E-state index in [1.807, 2.05) is 12.4 Å². The highest BCUT2D eigenvalue weighted by atomic mass is 15.3. The molecule has 1 N–H and O–H groups in total. The van der Waals surface area contributed by atoms with Gasteiger partial charge in [-0.3, -0.25) is 14.6 Å². The molecule has 0 aromatic carbocycles. The van der Waals surface area contributed by atoms with E-state index in [4.69, 9.17) is 0 Å². The Hall–Kier alpha value is -2.74. The van der Waals surface area contributed by atoms with Gasteiger partial charge in [-0.25, -0.2) is 9.97 Å². The van der Waals surface area contributed by atoms with Crippen molar-refractivity contribution in [1.82, 2.24) is 34.2 Å². The van der Waals surface area contributed by atoms with Crippen LogP contribution >= 0.6 is 0 Å². The third-order valence-corrected chi connectivity index (χ3v) is 4.45. The van der Waals surface area contributed by atoms with Gasteiger partial charge >= 0.3 is 0 Å². The zero-order valence-corrected chi connectivity index (χ0v) is 14.3. The highest BCUT2D eigenvalue weighted by Gasteiger charge is 2.19. The van der Waals surface area contributed by atoms with Crippen LogP contribution in [-0.2, 0) is 32.7 Å². The van der Waals surface area contributed by atoms with Gasteiger partial charge in [0.05, 0.1) is 37.2 Å². The fourth-order valence-corrected chi connectivity index (χ4v) is 3.15. The number of hydrogen-bond donors (Lipinski definition) is 1. The van der Waals surface area contributed by atoms with Crippen LogP contribution in [0.3, 0.4) is 0 Å². The molecule has 3 aromatic heterocycles. The standard InChI is InChI=1S/C17H22N8/c1-2-24-6-5-20-17(24)13-23-7-8-25-15(12-23)9-14(22-25)10-21-16-11-18-3-4-19-16/h3-6,9,11H,2,7-8,10,12-13H2,1H3,(H,19,21). The fraction of sp³-hybridized carbons (Fsp3) is 0.412. The number of imidazole rings is 1. The van der Waals surface area contributed by atoms with Crippen LogP contribution in [0.5, 0.6) is 0 Å². The average molecular weight is 338 g/mol. The molecule has 3 aromatic rings. The smallest absolute Gasteiger partial charge is 0.144 e. The van der Waals surface area contributed by atoms with Crippen molar-refractivity contribution >= 4 is 5.82 Å². The van der Waals surface area contributed by atoms with E-state index in [0.717, 1.165) is 50.1 Å². The summed E-state index contributed by atoms with van der Waals surface area (Å²) >= 11 is 0. The van der Waals surface area contributed by atoms with E-state index in [2.05, 4.69) is 52.5 Å². The zero-order chi connectivity index (χ0) is 17.1. The summed E-state index contributed by atoms with van der Waals surface area (Å²) in [4.78, 5) is 15.2. The van der Waals surface area contributed by atoms with E-state index in [1.54, 1.807) is 18.6 Å². The summed E-state index contributed by atoms with van der Waals surface area (Å²) in [5.74, 6) is 1.89. The van der Waals surface area contributed by atoms with Gasteiger partial charge in [0.25, 0.3) is 0 Å². The van der Waals surface area contributed by atoms with E-state index < -0.39 is 0 Å². The second-order valence-electron chi connectivity index (χ2n) is 6.13. The van der Waals surface area contributed by atoms with Crippen LogP contribution in [-0.4, -0.2) is 40.7 Å². The Kier molecular flexibility index (Phi) is 4.43. The van der Waals surface area contributed by atoms with Crippen molar-refractivity contribution in [2.45, 2.75) is 39.6 Å². The van der Waals surface area contributed by atoms with Gasteiger partial charge in [0, 0.05) is 44.4 Å². The molecule has 0 fully saturated rings. The molecule has 130 valence electrons. The number of rotatable bonds is 6. The van der Waals surface area contributed by atoms with E-state index in [1.165, 1.54) is 5.69 Å². The lowest BCUT2D eigenvalue weighted by atomic mass is 10.2. The van der Waals surface area contributed by atoms with Crippen LogP contribution in [0.15, 0.2) is 37.1 Å². The number of fused-ring (bicyclic) bond motifs is 1. The topological polar surface area (TPSA) is 76.7 Å². The first-order valence-corrected chi connectivity index (χ1v) is 8.59. The molecule has 0 saturated carbocycles. The molecule has 0 unspecified atom stereocenters. The lowest BCUT2D eigenvalue weighted by Gasteiger charge is -2.27. The minimum Gasteiger partial charge on any atom is -0.363 e. The number of aromatic nitrogens is 6. The lowest BCUT2D eigenvalue weighted by Crippen LogP contribution is -2.34. The van der Waals surface area contributed by atoms with E-state index in [-0.39, 0.29) is 0 Å². The summed E-state index contributed by atoms with van der Waals surface area (Å²) in [5.41, 5.74) is 2.27. The molecule has 8 nitrogen and oxygen atoms in total. The van der Waals surface area contributed by atoms with Gasteiger partial charge in [-0.2, -0.15) is 5.10 Å². The van der Waals surface area contributed by atoms with Crippen molar-refractivity contribution in [2.24, 2.45) is 0 Å². The number of nitrogens with one attached hydrogen (secondary N) is 1. The monoisotopic (exact) mass is 338 g/mol. The van der Waals surface area contributed by atoms with Gasteiger partial charge in [0.2, 0.25) is 0 Å². The summed E-state index contributed by atoms with van der Waals surface area (Å²) in [7, 11) is 0. The largest absolute Gasteiger partial charge is 0.363 e. The lowest BCUT2D eigenvalue weighted by molar-refractivity contribution is 0.198. The van der Waals surface area contributed by atoms with Gasteiger partial charge in [0.1, 0.15) is 11.6 Å². The van der Waals surface area contributed by atoms with Crippen LogP contribution in [0.25, 0.3) is 0 Å². The Balaban J connectivity index is 1.39. The summed E-state index contributed by atoms with van der Waals surface area (Å²) in [6.45, 7) is 7.43. The van der Waals surface area contributed by atoms with Crippen molar-refractivity contribution in [2.75, 3.05) is 11.9 Å². The molecule has 4 heterocycles. The Morgan fingerprint density at radius 1 is 1.16 bits per heavy atom. The Morgan fingerprint density at radius 3 is 2.96 bits per heavy atom. The predicted molar refractivity (Wildman–Crippen MR) is 93.6 cm³/mol. The molecule has 1 aliphatic rings. The molecule has 0 bridgehead atoms. The molecule has 1 aliphatic heterocycles. The quantitative estimate of drug-likeness (QED) is 0.734. The van der Waals surface area contributed by atoms with Gasteiger partial charge in [-0.15, -0.1) is 0 Å². The number of nitrogens with zero attached hydrogens (tertiary/aromatic N) is 7. The molecular weight excluding hydrogens is 316 g/mol. The normalized spacial score (nSPS) is 14.4. The first-order valence-electron chi connectivity index (χ1n) is 8.59. The average Bonchev–Trinajstić information content (AvgIpc) is 3.26. The van der Waals surface area contributed by atoms with Gasteiger partial charge < -0.3 is 9.88 Å². The van der Waals surface area contributed by atoms with Crippen LogP contribution in [0.2, 0.25) is 0 Å². The van der Waals surface area contributed by atoms with Crippen LogP contribution in [0.1, 0.15) is 24.1 Å². The Bertz CT molecular complexity index is 822. The Labute approximate surface area is 146 Å². The highest BCUT2D eigenvalue weighted by molar-refractivity contribution is 5.31. The van der Waals surface area contributed by atoms with Gasteiger partial charge in [0.15, 0.2) is 0 Å². The van der Waals surface area contributed by atoms with Crippen LogP contribution in [0, 0.1) is 0 Å². The number of aryl methyl sites for hydroxylation is 1. The van der Waals surface area contributed by atoms with Crippen molar-refractivity contribution < 1.29 is 0 Å². The first kappa shape index (κ1) is 15.8. The zero-order valence-electron chi connectivity index (χ0n) is 14.3. The molecule has 0 radical (unpaired) electrons. The third kappa shape index (κ3) is 3.53. The van der Waals surface area contributed by atoms with Crippen molar-refractivity contribution in [3.63, 3.8) is 0 Å². The molecule has 0 spiro atoms. The number of hydrogen-bond acceptors (Lipinski definition) is 6. The molecule has 8 heteroatoms. The van der Waals surface area contributed by atoms with E-state index in [0.29, 0.717) is 6.54 Å². The van der Waals surface area contributed by atoms with E-state index >= 15 is 0 Å². The summed E-state index contributed by atoms with van der Waals surface area (Å²) in [6, 6.07) is 2.17. The summed E-state index contributed by atoms with van der Waals surface area (Å²) in [5, 5.41) is 7.95. The molecular formula is C17H22N8. The number of anilines is 1. The summed E-state index contributed by atoms with van der Waals surface area (Å²) < 4.78 is 4.30.